The normalized spacial score (nSPS) is 32.0. The van der Waals surface area contributed by atoms with Crippen LogP contribution >= 0.6 is 0 Å². The number of phenolic OH excluding ortho intramolecular Hbond substituents is 1. The molecule has 4 rings (SSSR count). The molecule has 0 heterocycles. The van der Waals surface area contributed by atoms with Gasteiger partial charge >= 0.3 is 0 Å². The summed E-state index contributed by atoms with van der Waals surface area (Å²) in [5, 5.41) is 23.7. The van der Waals surface area contributed by atoms with Gasteiger partial charge < -0.3 is 15.5 Å². The minimum atomic E-state index is -0.128. The quantitative estimate of drug-likeness (QED) is 0.325. The number of hydrogen-bond donors (Lipinski definition) is 3. The van der Waals surface area contributed by atoms with Gasteiger partial charge in [-0.3, -0.25) is 4.79 Å². The lowest BCUT2D eigenvalue weighted by Gasteiger charge is -2.53. The van der Waals surface area contributed by atoms with Crippen molar-refractivity contribution >= 4 is 5.91 Å². The highest BCUT2D eigenvalue weighted by atomic mass is 16.3. The van der Waals surface area contributed by atoms with Crippen molar-refractivity contribution in [3.05, 3.63) is 29.3 Å². The average Bonchev–Trinajstić information content (AvgIpc) is 3.13. The minimum absolute atomic E-state index is 0.103. The first-order valence-electron chi connectivity index (χ1n) is 14.1. The first-order chi connectivity index (χ1) is 16.4. The molecule has 6 atom stereocenters. The number of fused-ring (bicyclic) bond motifs is 5. The van der Waals surface area contributed by atoms with E-state index in [9.17, 15) is 15.0 Å². The number of nitrogens with one attached hydrogen (secondary N) is 1. The lowest BCUT2D eigenvalue weighted by atomic mass is 9.52. The number of aromatic hydroxyl groups is 1. The van der Waals surface area contributed by atoms with Crippen LogP contribution in [0.3, 0.4) is 0 Å². The summed E-state index contributed by atoms with van der Waals surface area (Å²) in [6.45, 7) is 2.36. The number of carbonyl (C=O) groups excluding carboxylic acids is 1. The SMILES string of the molecule is CNC(=O)CCCCCCCCCC[C@@H]1Cc2cc(O)ccc2C2CC[C@@]3(C)C(CC[C@H]3O)C21. The number of benzene rings is 1. The van der Waals surface area contributed by atoms with Crippen LogP contribution in [0.2, 0.25) is 0 Å². The number of rotatable bonds is 11. The fourth-order valence-corrected chi connectivity index (χ4v) is 7.91. The fourth-order valence-electron chi connectivity index (χ4n) is 7.91. The highest BCUT2D eigenvalue weighted by molar-refractivity contribution is 5.75. The van der Waals surface area contributed by atoms with Crippen LogP contribution in [0.15, 0.2) is 18.2 Å². The number of phenols is 1. The summed E-state index contributed by atoms with van der Waals surface area (Å²) in [5.74, 6) is 3.18. The lowest BCUT2D eigenvalue weighted by Crippen LogP contribution is -2.47. The highest BCUT2D eigenvalue weighted by Gasteiger charge is 2.56. The van der Waals surface area contributed by atoms with Gasteiger partial charge in [0.1, 0.15) is 5.75 Å². The van der Waals surface area contributed by atoms with Gasteiger partial charge in [-0.1, -0.05) is 57.9 Å². The van der Waals surface area contributed by atoms with Crippen molar-refractivity contribution < 1.29 is 15.0 Å². The Hall–Kier alpha value is -1.55. The molecular formula is C30H47NO3. The zero-order valence-electron chi connectivity index (χ0n) is 21.5. The van der Waals surface area contributed by atoms with Crippen LogP contribution in [-0.4, -0.2) is 29.3 Å². The Morgan fingerprint density at radius 3 is 2.47 bits per heavy atom. The summed E-state index contributed by atoms with van der Waals surface area (Å²) < 4.78 is 0. The highest BCUT2D eigenvalue weighted by Crippen LogP contribution is 2.62. The van der Waals surface area contributed by atoms with Gasteiger partial charge in [-0.2, -0.15) is 0 Å². The topological polar surface area (TPSA) is 69.6 Å². The zero-order chi connectivity index (χ0) is 24.1. The minimum Gasteiger partial charge on any atom is -0.508 e. The molecule has 4 nitrogen and oxygen atoms in total. The van der Waals surface area contributed by atoms with Crippen molar-refractivity contribution in [2.75, 3.05) is 7.05 Å². The maximum Gasteiger partial charge on any atom is 0.219 e. The predicted octanol–water partition coefficient (Wildman–Crippen LogP) is 6.48. The number of unbranched alkanes of at least 4 members (excludes halogenated alkanes) is 7. The molecule has 4 heteroatoms. The van der Waals surface area contributed by atoms with E-state index in [0.717, 1.165) is 32.1 Å². The Morgan fingerprint density at radius 1 is 1.03 bits per heavy atom. The van der Waals surface area contributed by atoms with E-state index in [0.29, 0.717) is 35.8 Å². The van der Waals surface area contributed by atoms with Crippen LogP contribution in [0.4, 0.5) is 0 Å². The van der Waals surface area contributed by atoms with E-state index in [2.05, 4.69) is 18.3 Å². The second-order valence-corrected chi connectivity index (χ2v) is 11.8. The van der Waals surface area contributed by atoms with Gasteiger partial charge in [-0.25, -0.2) is 0 Å². The molecule has 1 amide bonds. The molecule has 2 fully saturated rings. The average molecular weight is 470 g/mol. The van der Waals surface area contributed by atoms with Gasteiger partial charge in [-0.05, 0) is 97.3 Å². The van der Waals surface area contributed by atoms with Crippen molar-refractivity contribution in [1.82, 2.24) is 5.32 Å². The second kappa shape index (κ2) is 11.5. The van der Waals surface area contributed by atoms with Gasteiger partial charge in [0.2, 0.25) is 5.91 Å². The van der Waals surface area contributed by atoms with Crippen LogP contribution in [0, 0.1) is 23.2 Å². The summed E-state index contributed by atoms with van der Waals surface area (Å²) in [7, 11) is 1.71. The Morgan fingerprint density at radius 2 is 1.74 bits per heavy atom. The summed E-state index contributed by atoms with van der Waals surface area (Å²) in [4.78, 5) is 11.3. The Labute approximate surface area is 206 Å². The van der Waals surface area contributed by atoms with Crippen LogP contribution in [0.5, 0.6) is 5.75 Å². The molecule has 34 heavy (non-hydrogen) atoms. The van der Waals surface area contributed by atoms with E-state index in [4.69, 9.17) is 0 Å². The number of aliphatic hydroxyl groups excluding tert-OH is 1. The Balaban J connectivity index is 1.28. The first kappa shape index (κ1) is 25.5. The molecule has 2 saturated carbocycles. The first-order valence-corrected chi connectivity index (χ1v) is 14.1. The molecule has 0 aromatic heterocycles. The predicted molar refractivity (Wildman–Crippen MR) is 138 cm³/mol. The van der Waals surface area contributed by atoms with Gasteiger partial charge in [0.15, 0.2) is 0 Å². The largest absolute Gasteiger partial charge is 0.508 e. The van der Waals surface area contributed by atoms with Gasteiger partial charge in [-0.15, -0.1) is 0 Å². The maximum absolute atomic E-state index is 11.3. The van der Waals surface area contributed by atoms with Crippen molar-refractivity contribution in [3.63, 3.8) is 0 Å². The molecule has 3 unspecified atom stereocenters. The molecule has 3 N–H and O–H groups in total. The second-order valence-electron chi connectivity index (χ2n) is 11.8. The molecular weight excluding hydrogens is 422 g/mol. The van der Waals surface area contributed by atoms with E-state index < -0.39 is 0 Å². The van der Waals surface area contributed by atoms with Crippen LogP contribution < -0.4 is 5.32 Å². The standard InChI is InChI=1S/C30H47NO3/c1-30-18-17-25-24-14-13-23(32)20-22(24)19-21(29(25)26(30)15-16-27(30)33)11-9-7-5-3-4-6-8-10-12-28(34)31-2/h13-14,20-21,25-27,29,32-33H,3-12,15-19H2,1-2H3,(H,31,34)/t21-,25?,26?,27-,29?,30+/m1/s1. The van der Waals surface area contributed by atoms with E-state index in [1.807, 2.05) is 12.1 Å². The monoisotopic (exact) mass is 469 g/mol. The summed E-state index contributed by atoms with van der Waals surface area (Å²) in [6, 6.07) is 6.10. The molecule has 3 aliphatic carbocycles. The van der Waals surface area contributed by atoms with Crippen molar-refractivity contribution in [3.8, 4) is 5.75 Å². The van der Waals surface area contributed by atoms with Crippen LogP contribution in [0.1, 0.15) is 114 Å². The summed E-state index contributed by atoms with van der Waals surface area (Å²) in [6.07, 6.45) is 17.3. The molecule has 0 radical (unpaired) electrons. The van der Waals surface area contributed by atoms with Crippen LogP contribution in [0.25, 0.3) is 0 Å². The van der Waals surface area contributed by atoms with Gasteiger partial charge in [0.25, 0.3) is 0 Å². The van der Waals surface area contributed by atoms with Crippen LogP contribution in [-0.2, 0) is 11.2 Å². The van der Waals surface area contributed by atoms with E-state index in [1.54, 1.807) is 7.05 Å². The van der Waals surface area contributed by atoms with Gasteiger partial charge in [0, 0.05) is 13.5 Å². The third-order valence-electron chi connectivity index (χ3n) is 9.84. The van der Waals surface area contributed by atoms with E-state index >= 15 is 0 Å². The third kappa shape index (κ3) is 5.48. The van der Waals surface area contributed by atoms with Gasteiger partial charge in [0.05, 0.1) is 6.10 Å². The van der Waals surface area contributed by atoms with E-state index in [1.165, 1.54) is 68.9 Å². The smallest absolute Gasteiger partial charge is 0.219 e. The Bertz CT molecular complexity index is 823. The molecule has 1 aromatic rings. The summed E-state index contributed by atoms with van der Waals surface area (Å²) >= 11 is 0. The number of hydrogen-bond acceptors (Lipinski definition) is 3. The molecule has 0 bridgehead atoms. The Kier molecular flexibility index (Phi) is 8.61. The molecule has 0 aliphatic heterocycles. The maximum atomic E-state index is 11.3. The lowest BCUT2D eigenvalue weighted by molar-refractivity contribution is -0.120. The van der Waals surface area contributed by atoms with E-state index in [-0.39, 0.29) is 17.4 Å². The van der Waals surface area contributed by atoms with Crippen molar-refractivity contribution in [2.45, 2.75) is 115 Å². The number of aliphatic hydroxyl groups is 1. The van der Waals surface area contributed by atoms with Crippen molar-refractivity contribution in [1.29, 1.82) is 0 Å². The zero-order valence-corrected chi connectivity index (χ0v) is 21.5. The molecule has 3 aliphatic rings. The summed E-state index contributed by atoms with van der Waals surface area (Å²) in [5.41, 5.74) is 2.97. The van der Waals surface area contributed by atoms with Crippen molar-refractivity contribution in [2.24, 2.45) is 23.2 Å². The molecule has 190 valence electrons. The number of carbonyl (C=O) groups is 1. The third-order valence-corrected chi connectivity index (χ3v) is 9.84. The number of amides is 1. The molecule has 0 saturated heterocycles. The molecule has 1 aromatic carbocycles. The fraction of sp³-hybridized carbons (Fsp3) is 0.767. The molecule has 0 spiro atoms.